The van der Waals surface area contributed by atoms with Crippen molar-refractivity contribution < 1.29 is 14.3 Å². The van der Waals surface area contributed by atoms with Crippen molar-refractivity contribution in [3.63, 3.8) is 0 Å². The quantitative estimate of drug-likeness (QED) is 0.375. The lowest BCUT2D eigenvalue weighted by Gasteiger charge is -2.49. The van der Waals surface area contributed by atoms with E-state index in [1.54, 1.807) is 0 Å². The number of fused-ring (bicyclic) bond motifs is 1. The number of ether oxygens (including phenoxy) is 2. The van der Waals surface area contributed by atoms with Gasteiger partial charge in [-0.25, -0.2) is 4.79 Å². The Bertz CT molecular complexity index is 457. The Morgan fingerprint density at radius 2 is 2.11 bits per heavy atom. The van der Waals surface area contributed by atoms with Crippen LogP contribution in [-0.2, 0) is 14.3 Å². The van der Waals surface area contributed by atoms with E-state index in [0.717, 1.165) is 19.3 Å². The summed E-state index contributed by atoms with van der Waals surface area (Å²) in [6, 6.07) is 0. The Morgan fingerprint density at radius 1 is 1.33 bits per heavy atom. The van der Waals surface area contributed by atoms with Gasteiger partial charge >= 0.3 is 5.97 Å². The van der Waals surface area contributed by atoms with Crippen LogP contribution < -0.4 is 0 Å². The minimum Gasteiger partial charge on any atom is -0.452 e. The van der Waals surface area contributed by atoms with Crippen LogP contribution in [0.2, 0.25) is 0 Å². The Hall–Kier alpha value is -0.830. The van der Waals surface area contributed by atoms with Crippen molar-refractivity contribution in [3.8, 4) is 0 Å². The standard InChI is InChI=1S/C15H20O3/c1-8-4-5-11-9(2)12(16)17-15(11)10(8)6-7-14(3)13(15)18-14/h8,10-11,13H,2,4-7H2,1,3H3/t8-,10+,11?,13-,14-,15?/m1/s1. The molecule has 3 heteroatoms. The molecule has 4 aliphatic rings. The van der Waals surface area contributed by atoms with E-state index in [1.807, 2.05) is 0 Å². The van der Waals surface area contributed by atoms with E-state index in [1.165, 1.54) is 6.42 Å². The summed E-state index contributed by atoms with van der Waals surface area (Å²) in [5.41, 5.74) is 0.266. The van der Waals surface area contributed by atoms with Crippen molar-refractivity contribution in [2.75, 3.05) is 0 Å². The average Bonchev–Trinajstić information content (AvgIpc) is 2.95. The Kier molecular flexibility index (Phi) is 1.84. The molecule has 6 atom stereocenters. The minimum atomic E-state index is -0.376. The van der Waals surface area contributed by atoms with Gasteiger partial charge < -0.3 is 9.47 Å². The molecule has 2 unspecified atom stereocenters. The first-order chi connectivity index (χ1) is 8.49. The smallest absolute Gasteiger partial charge is 0.334 e. The molecule has 0 amide bonds. The summed E-state index contributed by atoms with van der Waals surface area (Å²) < 4.78 is 11.9. The predicted octanol–water partition coefficient (Wildman–Crippen LogP) is 2.45. The molecule has 0 aromatic carbocycles. The SMILES string of the molecule is C=C1C(=O)OC23C1CC[C@@H](C)[C@@H]2CC[C@@]1(C)O[C@@H]31. The molecule has 98 valence electrons. The molecule has 0 bridgehead atoms. The first kappa shape index (κ1) is 11.0. The zero-order chi connectivity index (χ0) is 12.7. The van der Waals surface area contributed by atoms with Crippen molar-refractivity contribution in [2.24, 2.45) is 17.8 Å². The lowest BCUT2D eigenvalue weighted by Crippen LogP contribution is -2.57. The van der Waals surface area contributed by atoms with E-state index in [-0.39, 0.29) is 29.2 Å². The van der Waals surface area contributed by atoms with Crippen LogP contribution in [0.1, 0.15) is 39.5 Å². The van der Waals surface area contributed by atoms with Crippen LogP contribution in [0, 0.1) is 17.8 Å². The molecule has 2 aliphatic carbocycles. The van der Waals surface area contributed by atoms with Crippen molar-refractivity contribution in [1.82, 2.24) is 0 Å². The molecule has 4 fully saturated rings. The van der Waals surface area contributed by atoms with Gasteiger partial charge in [0.25, 0.3) is 0 Å². The third-order valence-corrected chi connectivity index (χ3v) is 5.92. The first-order valence-electron chi connectivity index (χ1n) is 7.09. The molecule has 2 saturated heterocycles. The fourth-order valence-corrected chi connectivity index (χ4v) is 4.90. The molecule has 1 spiro atoms. The lowest BCUT2D eigenvalue weighted by molar-refractivity contribution is -0.168. The highest BCUT2D eigenvalue weighted by atomic mass is 16.7. The highest BCUT2D eigenvalue weighted by Crippen LogP contribution is 2.66. The summed E-state index contributed by atoms with van der Waals surface area (Å²) in [7, 11) is 0. The molecule has 2 aliphatic heterocycles. The van der Waals surface area contributed by atoms with Gasteiger partial charge in [0.2, 0.25) is 0 Å². The van der Waals surface area contributed by atoms with Gasteiger partial charge in [-0.1, -0.05) is 13.5 Å². The summed E-state index contributed by atoms with van der Waals surface area (Å²) in [5, 5.41) is 0. The second-order valence-electron chi connectivity index (χ2n) is 6.83. The molecule has 2 saturated carbocycles. The molecule has 0 aromatic rings. The molecule has 18 heavy (non-hydrogen) atoms. The van der Waals surface area contributed by atoms with Crippen LogP contribution in [0.5, 0.6) is 0 Å². The third-order valence-electron chi connectivity index (χ3n) is 5.92. The maximum absolute atomic E-state index is 12.0. The van der Waals surface area contributed by atoms with Gasteiger partial charge in [0.15, 0.2) is 5.60 Å². The number of esters is 1. The van der Waals surface area contributed by atoms with Crippen LogP contribution in [0.25, 0.3) is 0 Å². The fraction of sp³-hybridized carbons (Fsp3) is 0.800. The zero-order valence-electron chi connectivity index (χ0n) is 11.1. The van der Waals surface area contributed by atoms with Crippen LogP contribution in [0.3, 0.4) is 0 Å². The third kappa shape index (κ3) is 1.04. The largest absolute Gasteiger partial charge is 0.452 e. The van der Waals surface area contributed by atoms with Crippen LogP contribution in [-0.4, -0.2) is 23.3 Å². The second kappa shape index (κ2) is 3.01. The van der Waals surface area contributed by atoms with Crippen molar-refractivity contribution in [3.05, 3.63) is 12.2 Å². The van der Waals surface area contributed by atoms with E-state index in [9.17, 15) is 4.79 Å². The molecular weight excluding hydrogens is 228 g/mol. The van der Waals surface area contributed by atoms with E-state index >= 15 is 0 Å². The van der Waals surface area contributed by atoms with Gasteiger partial charge in [0, 0.05) is 17.4 Å². The van der Waals surface area contributed by atoms with Gasteiger partial charge in [-0.05, 0) is 38.5 Å². The number of carbonyl (C=O) groups is 1. The summed E-state index contributed by atoms with van der Waals surface area (Å²) in [5.74, 6) is 1.09. The van der Waals surface area contributed by atoms with E-state index in [2.05, 4.69) is 20.4 Å². The predicted molar refractivity (Wildman–Crippen MR) is 65.9 cm³/mol. The molecular formula is C15H20O3. The maximum Gasteiger partial charge on any atom is 0.334 e. The van der Waals surface area contributed by atoms with Crippen LogP contribution in [0.4, 0.5) is 0 Å². The molecule has 4 rings (SSSR count). The fourth-order valence-electron chi connectivity index (χ4n) is 4.90. The summed E-state index contributed by atoms with van der Waals surface area (Å²) in [6.07, 6.45) is 4.53. The summed E-state index contributed by atoms with van der Waals surface area (Å²) in [6.45, 7) is 8.43. The second-order valence-corrected chi connectivity index (χ2v) is 6.83. The normalized spacial score (nSPS) is 57.4. The summed E-state index contributed by atoms with van der Waals surface area (Å²) in [4.78, 5) is 12.0. The van der Waals surface area contributed by atoms with Gasteiger partial charge in [0.05, 0.1) is 5.60 Å². The summed E-state index contributed by atoms with van der Waals surface area (Å²) >= 11 is 0. The van der Waals surface area contributed by atoms with Crippen LogP contribution >= 0.6 is 0 Å². The van der Waals surface area contributed by atoms with E-state index in [4.69, 9.17) is 9.47 Å². The van der Waals surface area contributed by atoms with Gasteiger partial charge in [-0.3, -0.25) is 0 Å². The molecule has 0 aromatic heterocycles. The van der Waals surface area contributed by atoms with Crippen molar-refractivity contribution >= 4 is 5.97 Å². The Labute approximate surface area is 108 Å². The first-order valence-corrected chi connectivity index (χ1v) is 7.09. The molecule has 0 radical (unpaired) electrons. The maximum atomic E-state index is 12.0. The number of carbonyl (C=O) groups excluding carboxylic acids is 1. The number of epoxide rings is 1. The van der Waals surface area contributed by atoms with E-state index in [0.29, 0.717) is 17.4 Å². The van der Waals surface area contributed by atoms with Gasteiger partial charge in [-0.2, -0.15) is 0 Å². The number of hydrogen-bond acceptors (Lipinski definition) is 3. The molecule has 0 N–H and O–H groups in total. The lowest BCUT2D eigenvalue weighted by atomic mass is 9.56. The zero-order valence-corrected chi connectivity index (χ0v) is 11.1. The van der Waals surface area contributed by atoms with E-state index < -0.39 is 0 Å². The molecule has 3 nitrogen and oxygen atoms in total. The molecule has 2 heterocycles. The van der Waals surface area contributed by atoms with Crippen molar-refractivity contribution in [2.45, 2.75) is 56.8 Å². The monoisotopic (exact) mass is 248 g/mol. The topological polar surface area (TPSA) is 38.8 Å². The number of hydrogen-bond donors (Lipinski definition) is 0. The van der Waals surface area contributed by atoms with Crippen molar-refractivity contribution in [1.29, 1.82) is 0 Å². The highest BCUT2D eigenvalue weighted by molar-refractivity contribution is 5.92. The average molecular weight is 248 g/mol. The minimum absolute atomic E-state index is 0.0449. The highest BCUT2D eigenvalue weighted by Gasteiger charge is 2.76. The van der Waals surface area contributed by atoms with Gasteiger partial charge in [0.1, 0.15) is 6.10 Å². The van der Waals surface area contributed by atoms with Gasteiger partial charge in [-0.15, -0.1) is 0 Å². The number of rotatable bonds is 0. The Morgan fingerprint density at radius 3 is 2.89 bits per heavy atom. The Balaban J connectivity index is 1.83. The van der Waals surface area contributed by atoms with Crippen LogP contribution in [0.15, 0.2) is 12.2 Å².